The number of benzene rings is 1. The summed E-state index contributed by atoms with van der Waals surface area (Å²) in [6.07, 6.45) is 4.22. The third-order valence-corrected chi connectivity index (χ3v) is 5.48. The minimum atomic E-state index is -0.140. The van der Waals surface area contributed by atoms with E-state index in [0.29, 0.717) is 13.0 Å². The van der Waals surface area contributed by atoms with Crippen molar-refractivity contribution in [3.63, 3.8) is 0 Å². The van der Waals surface area contributed by atoms with Crippen molar-refractivity contribution in [1.82, 2.24) is 4.98 Å². The Kier molecular flexibility index (Phi) is 4.95. The Balaban J connectivity index is 1.95. The third kappa shape index (κ3) is 3.49. The summed E-state index contributed by atoms with van der Waals surface area (Å²) in [7, 11) is 0. The van der Waals surface area contributed by atoms with Crippen LogP contribution in [-0.4, -0.2) is 17.6 Å². The first-order chi connectivity index (χ1) is 11.6. The van der Waals surface area contributed by atoms with Crippen molar-refractivity contribution < 1.29 is 9.53 Å². The van der Waals surface area contributed by atoms with Gasteiger partial charge in [-0.1, -0.05) is 36.8 Å². The third-order valence-electron chi connectivity index (χ3n) is 4.07. The van der Waals surface area contributed by atoms with Crippen LogP contribution < -0.4 is 0 Å². The van der Waals surface area contributed by atoms with Crippen LogP contribution in [-0.2, 0) is 9.53 Å². The van der Waals surface area contributed by atoms with Crippen LogP contribution in [0.1, 0.15) is 36.6 Å². The molecule has 0 unspecified atom stereocenters. The molecule has 0 amide bonds. The fourth-order valence-corrected chi connectivity index (χ4v) is 3.95. The normalized spacial score (nSPS) is 12.3. The molecule has 0 spiro atoms. The Morgan fingerprint density at radius 3 is 2.71 bits per heavy atom. The highest BCUT2D eigenvalue weighted by atomic mass is 32.1. The van der Waals surface area contributed by atoms with Gasteiger partial charge in [-0.25, -0.2) is 0 Å². The van der Waals surface area contributed by atoms with Gasteiger partial charge in [0.25, 0.3) is 0 Å². The first kappa shape index (κ1) is 16.7. The minimum Gasteiger partial charge on any atom is -0.466 e. The second-order valence-corrected chi connectivity index (χ2v) is 7.11. The van der Waals surface area contributed by atoms with Gasteiger partial charge in [0.05, 0.1) is 13.0 Å². The lowest BCUT2D eigenvalue weighted by molar-refractivity contribution is -0.143. The molecule has 0 aliphatic rings. The van der Waals surface area contributed by atoms with E-state index < -0.39 is 0 Å². The number of pyridine rings is 1. The lowest BCUT2D eigenvalue weighted by atomic mass is 10.0. The number of hydrogen-bond donors (Lipinski definition) is 0. The molecule has 2 aromatic heterocycles. The average molecular weight is 339 g/mol. The zero-order valence-electron chi connectivity index (χ0n) is 14.2. The molecule has 0 saturated heterocycles. The van der Waals surface area contributed by atoms with Crippen molar-refractivity contribution in [1.29, 1.82) is 0 Å². The van der Waals surface area contributed by atoms with Crippen LogP contribution in [0.25, 0.3) is 21.2 Å². The van der Waals surface area contributed by atoms with E-state index in [9.17, 15) is 4.79 Å². The Morgan fingerprint density at radius 2 is 2.00 bits per heavy atom. The molecule has 1 aromatic carbocycles. The zero-order chi connectivity index (χ0) is 17.1. The standard InChI is InChI=1S/C20H21NO2S/c1-4-23-19(22)9-14(3)18-10-16-11-21-12-17(20(16)24-18)15-7-5-13(2)6-8-15/h5-8,10-12,14H,4,9H2,1-3H3/t14-/m1/s1. The number of hydrogen-bond acceptors (Lipinski definition) is 4. The lowest BCUT2D eigenvalue weighted by Crippen LogP contribution is -2.07. The van der Waals surface area contributed by atoms with Crippen LogP contribution >= 0.6 is 11.3 Å². The molecular weight excluding hydrogens is 318 g/mol. The number of carbonyl (C=O) groups is 1. The number of aryl methyl sites for hydroxylation is 1. The number of esters is 1. The Morgan fingerprint density at radius 1 is 1.25 bits per heavy atom. The minimum absolute atomic E-state index is 0.140. The molecule has 0 radical (unpaired) electrons. The van der Waals surface area contributed by atoms with Gasteiger partial charge in [-0.3, -0.25) is 9.78 Å². The highest BCUT2D eigenvalue weighted by Crippen LogP contribution is 2.37. The van der Waals surface area contributed by atoms with E-state index in [1.807, 2.05) is 19.3 Å². The summed E-state index contributed by atoms with van der Waals surface area (Å²) >= 11 is 1.74. The Bertz CT molecular complexity index is 852. The van der Waals surface area contributed by atoms with Gasteiger partial charge in [-0.15, -0.1) is 11.3 Å². The first-order valence-corrected chi connectivity index (χ1v) is 9.00. The topological polar surface area (TPSA) is 39.2 Å². The highest BCUT2D eigenvalue weighted by molar-refractivity contribution is 7.19. The van der Waals surface area contributed by atoms with E-state index >= 15 is 0 Å². The van der Waals surface area contributed by atoms with Crippen LogP contribution in [0.3, 0.4) is 0 Å². The molecule has 0 N–H and O–H groups in total. The molecule has 0 bridgehead atoms. The maximum Gasteiger partial charge on any atom is 0.306 e. The van der Waals surface area contributed by atoms with Crippen molar-refractivity contribution in [2.45, 2.75) is 33.1 Å². The first-order valence-electron chi connectivity index (χ1n) is 8.18. The number of aromatic nitrogens is 1. The van der Waals surface area contributed by atoms with Crippen LogP contribution in [0.5, 0.6) is 0 Å². The molecular formula is C20H21NO2S. The molecule has 2 heterocycles. The van der Waals surface area contributed by atoms with Crippen molar-refractivity contribution in [2.75, 3.05) is 6.61 Å². The summed E-state index contributed by atoms with van der Waals surface area (Å²) in [6.45, 7) is 6.42. The molecule has 0 fully saturated rings. The molecule has 0 aliphatic heterocycles. The maximum atomic E-state index is 11.7. The quantitative estimate of drug-likeness (QED) is 0.590. The number of rotatable bonds is 5. The SMILES string of the molecule is CCOC(=O)C[C@@H](C)c1cc2cncc(-c3ccc(C)cc3)c2s1. The molecule has 24 heavy (non-hydrogen) atoms. The second kappa shape index (κ2) is 7.14. The predicted molar refractivity (Wildman–Crippen MR) is 99.5 cm³/mol. The summed E-state index contributed by atoms with van der Waals surface area (Å²) in [6, 6.07) is 10.6. The fraction of sp³-hybridized carbons (Fsp3) is 0.300. The fourth-order valence-electron chi connectivity index (χ4n) is 2.73. The smallest absolute Gasteiger partial charge is 0.306 e. The molecule has 0 aliphatic carbocycles. The van der Waals surface area contributed by atoms with Crippen LogP contribution in [0, 0.1) is 6.92 Å². The average Bonchev–Trinajstić information content (AvgIpc) is 3.00. The summed E-state index contributed by atoms with van der Waals surface area (Å²) in [5.41, 5.74) is 3.56. The molecule has 124 valence electrons. The van der Waals surface area contributed by atoms with Crippen molar-refractivity contribution in [3.05, 3.63) is 53.2 Å². The second-order valence-electron chi connectivity index (χ2n) is 6.03. The number of carbonyl (C=O) groups excluding carboxylic acids is 1. The lowest BCUT2D eigenvalue weighted by Gasteiger charge is -2.08. The largest absolute Gasteiger partial charge is 0.466 e. The summed E-state index contributed by atoms with van der Waals surface area (Å²) < 4.78 is 6.29. The molecule has 3 rings (SSSR count). The van der Waals surface area contributed by atoms with Gasteiger partial charge in [0.15, 0.2) is 0 Å². The Hall–Kier alpha value is -2.20. The molecule has 1 atom stereocenters. The van der Waals surface area contributed by atoms with Gasteiger partial charge >= 0.3 is 5.97 Å². The van der Waals surface area contributed by atoms with E-state index in [1.54, 1.807) is 11.3 Å². The van der Waals surface area contributed by atoms with Crippen molar-refractivity contribution in [2.24, 2.45) is 0 Å². The summed E-state index contributed by atoms with van der Waals surface area (Å²) in [5, 5.41) is 1.13. The summed E-state index contributed by atoms with van der Waals surface area (Å²) in [5.74, 6) is 0.00616. The van der Waals surface area contributed by atoms with Crippen LogP contribution in [0.4, 0.5) is 0 Å². The maximum absolute atomic E-state index is 11.7. The van der Waals surface area contributed by atoms with Crippen molar-refractivity contribution >= 4 is 27.4 Å². The molecule has 3 aromatic rings. The number of nitrogens with zero attached hydrogens (tertiary/aromatic N) is 1. The number of fused-ring (bicyclic) bond motifs is 1. The van der Waals surface area contributed by atoms with Crippen LogP contribution in [0.15, 0.2) is 42.7 Å². The van der Waals surface area contributed by atoms with Gasteiger partial charge < -0.3 is 4.74 Å². The summed E-state index contributed by atoms with van der Waals surface area (Å²) in [4.78, 5) is 17.3. The van der Waals surface area contributed by atoms with E-state index in [-0.39, 0.29) is 11.9 Å². The Labute approximate surface area is 146 Å². The molecule has 0 saturated carbocycles. The van der Waals surface area contributed by atoms with Gasteiger partial charge in [-0.2, -0.15) is 0 Å². The van der Waals surface area contributed by atoms with Crippen molar-refractivity contribution in [3.8, 4) is 11.1 Å². The van der Waals surface area contributed by atoms with E-state index in [2.05, 4.69) is 49.2 Å². The molecule has 4 heteroatoms. The predicted octanol–water partition coefficient (Wildman–Crippen LogP) is 5.33. The van der Waals surface area contributed by atoms with Gasteiger partial charge in [-0.05, 0) is 25.5 Å². The van der Waals surface area contributed by atoms with E-state index in [4.69, 9.17) is 4.74 Å². The van der Waals surface area contributed by atoms with E-state index in [0.717, 1.165) is 10.9 Å². The number of thiophene rings is 1. The molecule has 3 nitrogen and oxygen atoms in total. The number of ether oxygens (including phenoxy) is 1. The monoisotopic (exact) mass is 339 g/mol. The van der Waals surface area contributed by atoms with Crippen LogP contribution in [0.2, 0.25) is 0 Å². The zero-order valence-corrected chi connectivity index (χ0v) is 15.0. The van der Waals surface area contributed by atoms with E-state index in [1.165, 1.54) is 20.7 Å². The van der Waals surface area contributed by atoms with Gasteiger partial charge in [0, 0.05) is 38.8 Å². The van der Waals surface area contributed by atoms with Gasteiger partial charge in [0.2, 0.25) is 0 Å². The van der Waals surface area contributed by atoms with Gasteiger partial charge in [0.1, 0.15) is 0 Å². The highest BCUT2D eigenvalue weighted by Gasteiger charge is 2.16.